The lowest BCUT2D eigenvalue weighted by molar-refractivity contribution is -0.121. The molecular formula is C24H27N3O3. The largest absolute Gasteiger partial charge is 0.494 e. The smallest absolute Gasteiger partial charge is 0.220 e. The maximum absolute atomic E-state index is 12.4. The number of nitrogens with one attached hydrogen (secondary N) is 1. The van der Waals surface area contributed by atoms with Crippen LogP contribution < -0.4 is 10.1 Å². The molecule has 1 heterocycles. The van der Waals surface area contributed by atoms with E-state index in [1.165, 1.54) is 0 Å². The maximum atomic E-state index is 12.4. The summed E-state index contributed by atoms with van der Waals surface area (Å²) in [6.07, 6.45) is 6.61. The molecule has 0 fully saturated rings. The van der Waals surface area contributed by atoms with Gasteiger partial charge in [0.15, 0.2) is 5.78 Å². The number of hydrogen-bond acceptors (Lipinski definition) is 4. The number of Topliss-reactive ketones (excluding diaryl/α,β-unsaturated/α-hetero) is 1. The molecule has 1 aromatic heterocycles. The van der Waals surface area contributed by atoms with Crippen molar-refractivity contribution in [1.29, 1.82) is 0 Å². The van der Waals surface area contributed by atoms with Gasteiger partial charge in [0.1, 0.15) is 5.75 Å². The van der Waals surface area contributed by atoms with Crippen LogP contribution >= 0.6 is 0 Å². The molecule has 2 aromatic carbocycles. The summed E-state index contributed by atoms with van der Waals surface area (Å²) in [5.74, 6) is 0.556. The fourth-order valence-electron chi connectivity index (χ4n) is 3.07. The first-order chi connectivity index (χ1) is 14.6. The van der Waals surface area contributed by atoms with Crippen molar-refractivity contribution in [2.24, 2.45) is 0 Å². The zero-order valence-corrected chi connectivity index (χ0v) is 17.4. The summed E-state index contributed by atoms with van der Waals surface area (Å²) in [5, 5.41) is 2.96. The van der Waals surface area contributed by atoms with Gasteiger partial charge < -0.3 is 14.6 Å². The van der Waals surface area contributed by atoms with E-state index >= 15 is 0 Å². The van der Waals surface area contributed by atoms with Crippen molar-refractivity contribution in [2.75, 3.05) is 6.61 Å². The molecule has 1 N–H and O–H groups in total. The first-order valence-corrected chi connectivity index (χ1v) is 10.2. The average Bonchev–Trinajstić information content (AvgIpc) is 3.31. The molecular weight excluding hydrogens is 378 g/mol. The van der Waals surface area contributed by atoms with Crippen LogP contribution in [0.4, 0.5) is 0 Å². The molecule has 1 unspecified atom stereocenters. The van der Waals surface area contributed by atoms with Crippen molar-refractivity contribution < 1.29 is 14.3 Å². The summed E-state index contributed by atoms with van der Waals surface area (Å²) in [6, 6.07) is 14.9. The fourth-order valence-corrected chi connectivity index (χ4v) is 3.07. The molecule has 0 bridgehead atoms. The van der Waals surface area contributed by atoms with E-state index in [0.717, 1.165) is 23.4 Å². The molecule has 6 nitrogen and oxygen atoms in total. The summed E-state index contributed by atoms with van der Waals surface area (Å²) in [5.41, 5.74) is 2.60. The number of carbonyl (C=O) groups is 2. The number of aromatic nitrogens is 2. The minimum absolute atomic E-state index is 0.0514. The average molecular weight is 405 g/mol. The van der Waals surface area contributed by atoms with Crippen molar-refractivity contribution in [3.05, 3.63) is 78.4 Å². The Kier molecular flexibility index (Phi) is 7.38. The maximum Gasteiger partial charge on any atom is 0.220 e. The lowest BCUT2D eigenvalue weighted by Gasteiger charge is -2.15. The zero-order valence-electron chi connectivity index (χ0n) is 17.4. The van der Waals surface area contributed by atoms with Crippen LogP contribution in [-0.2, 0) is 4.79 Å². The molecule has 1 atom stereocenters. The monoisotopic (exact) mass is 405 g/mol. The van der Waals surface area contributed by atoms with Crippen LogP contribution in [0.1, 0.15) is 55.1 Å². The quantitative estimate of drug-likeness (QED) is 0.504. The molecule has 0 aliphatic rings. The summed E-state index contributed by atoms with van der Waals surface area (Å²) in [7, 11) is 0. The molecule has 3 aromatic rings. The van der Waals surface area contributed by atoms with Gasteiger partial charge in [-0.2, -0.15) is 0 Å². The Hall–Kier alpha value is -3.41. The Morgan fingerprint density at radius 2 is 1.80 bits per heavy atom. The summed E-state index contributed by atoms with van der Waals surface area (Å²) < 4.78 is 7.44. The predicted molar refractivity (Wildman–Crippen MR) is 116 cm³/mol. The topological polar surface area (TPSA) is 73.2 Å². The lowest BCUT2D eigenvalue weighted by Crippen LogP contribution is -2.27. The van der Waals surface area contributed by atoms with Gasteiger partial charge in [-0.3, -0.25) is 9.59 Å². The molecule has 0 aliphatic heterocycles. The normalized spacial score (nSPS) is 11.7. The number of benzene rings is 2. The number of amides is 1. The summed E-state index contributed by atoms with van der Waals surface area (Å²) in [4.78, 5) is 28.7. The van der Waals surface area contributed by atoms with Crippen LogP contribution in [0, 0.1) is 0 Å². The second kappa shape index (κ2) is 10.4. The highest BCUT2D eigenvalue weighted by Gasteiger charge is 2.13. The van der Waals surface area contributed by atoms with Crippen molar-refractivity contribution in [2.45, 2.75) is 39.2 Å². The molecule has 3 rings (SSSR count). The van der Waals surface area contributed by atoms with Crippen LogP contribution in [0.3, 0.4) is 0 Å². The second-order valence-corrected chi connectivity index (χ2v) is 7.15. The number of carbonyl (C=O) groups excluding carboxylic acids is 2. The second-order valence-electron chi connectivity index (χ2n) is 7.15. The number of ether oxygens (including phenoxy) is 1. The van der Waals surface area contributed by atoms with E-state index in [0.29, 0.717) is 12.2 Å². The van der Waals surface area contributed by atoms with E-state index < -0.39 is 0 Å². The van der Waals surface area contributed by atoms with Gasteiger partial charge in [0.2, 0.25) is 5.91 Å². The minimum atomic E-state index is -0.141. The van der Waals surface area contributed by atoms with Gasteiger partial charge in [-0.1, -0.05) is 19.1 Å². The van der Waals surface area contributed by atoms with Gasteiger partial charge in [0.05, 0.1) is 19.0 Å². The third-order valence-corrected chi connectivity index (χ3v) is 4.80. The van der Waals surface area contributed by atoms with E-state index in [-0.39, 0.29) is 30.6 Å². The molecule has 0 spiro atoms. The Bertz CT molecular complexity index is 948. The van der Waals surface area contributed by atoms with Crippen LogP contribution in [0.5, 0.6) is 5.75 Å². The first-order valence-electron chi connectivity index (χ1n) is 10.2. The predicted octanol–water partition coefficient (Wildman–Crippen LogP) is 4.50. The van der Waals surface area contributed by atoms with Crippen molar-refractivity contribution in [3.8, 4) is 11.4 Å². The lowest BCUT2D eigenvalue weighted by atomic mass is 10.1. The highest BCUT2D eigenvalue weighted by molar-refractivity contribution is 5.98. The Morgan fingerprint density at radius 1 is 1.07 bits per heavy atom. The third kappa shape index (κ3) is 5.80. The molecule has 0 radical (unpaired) electrons. The molecule has 156 valence electrons. The van der Waals surface area contributed by atoms with Gasteiger partial charge in [0.25, 0.3) is 0 Å². The number of hydrogen-bond donors (Lipinski definition) is 1. The first kappa shape index (κ1) is 21.3. The van der Waals surface area contributed by atoms with Crippen molar-refractivity contribution in [1.82, 2.24) is 14.9 Å². The molecule has 0 saturated heterocycles. The minimum Gasteiger partial charge on any atom is -0.494 e. The van der Waals surface area contributed by atoms with E-state index in [4.69, 9.17) is 4.74 Å². The third-order valence-electron chi connectivity index (χ3n) is 4.80. The standard InChI is InChI=1S/C24H27N3O3/c1-3-16-30-22-10-6-20(7-11-22)23(28)12-13-24(29)26-18(2)19-4-8-21(9-5-19)27-15-14-25-17-27/h4-11,14-15,17-18H,3,12-13,16H2,1-2H3,(H,26,29). The SMILES string of the molecule is CCCOc1ccc(C(=O)CCC(=O)NC(C)c2ccc(-n3ccnc3)cc2)cc1. The van der Waals surface area contributed by atoms with Gasteiger partial charge in [0, 0.05) is 36.5 Å². The van der Waals surface area contributed by atoms with Crippen molar-refractivity contribution in [3.63, 3.8) is 0 Å². The summed E-state index contributed by atoms with van der Waals surface area (Å²) >= 11 is 0. The van der Waals surface area contributed by atoms with Gasteiger partial charge in [-0.25, -0.2) is 4.98 Å². The van der Waals surface area contributed by atoms with E-state index in [1.54, 1.807) is 36.8 Å². The van der Waals surface area contributed by atoms with Gasteiger partial charge in [-0.05, 0) is 55.3 Å². The Balaban J connectivity index is 1.47. The number of rotatable bonds is 10. The van der Waals surface area contributed by atoms with E-state index in [9.17, 15) is 9.59 Å². The van der Waals surface area contributed by atoms with Crippen LogP contribution in [0.2, 0.25) is 0 Å². The Morgan fingerprint density at radius 3 is 2.43 bits per heavy atom. The number of ketones is 1. The molecule has 1 amide bonds. The molecule has 6 heteroatoms. The summed E-state index contributed by atoms with van der Waals surface area (Å²) in [6.45, 7) is 4.62. The molecule has 0 aliphatic carbocycles. The van der Waals surface area contributed by atoms with E-state index in [2.05, 4.69) is 10.3 Å². The number of imidazole rings is 1. The van der Waals surface area contributed by atoms with E-state index in [1.807, 2.05) is 48.9 Å². The zero-order chi connectivity index (χ0) is 21.3. The molecule has 0 saturated carbocycles. The highest BCUT2D eigenvalue weighted by atomic mass is 16.5. The number of nitrogens with zero attached hydrogens (tertiary/aromatic N) is 2. The molecule has 30 heavy (non-hydrogen) atoms. The van der Waals surface area contributed by atoms with Gasteiger partial charge in [-0.15, -0.1) is 0 Å². The highest BCUT2D eigenvalue weighted by Crippen LogP contribution is 2.17. The van der Waals surface area contributed by atoms with Gasteiger partial charge >= 0.3 is 0 Å². The Labute approximate surface area is 176 Å². The fraction of sp³-hybridized carbons (Fsp3) is 0.292. The van der Waals surface area contributed by atoms with Crippen LogP contribution in [0.25, 0.3) is 5.69 Å². The van der Waals surface area contributed by atoms with Crippen LogP contribution in [0.15, 0.2) is 67.3 Å². The van der Waals surface area contributed by atoms with Crippen molar-refractivity contribution >= 4 is 11.7 Å². The van der Waals surface area contributed by atoms with Crippen LogP contribution in [-0.4, -0.2) is 27.8 Å².